The third-order valence-corrected chi connectivity index (χ3v) is 6.77. The molecule has 2 atom stereocenters. The number of aromatic nitrogens is 2. The van der Waals surface area contributed by atoms with Crippen molar-refractivity contribution in [1.82, 2.24) is 15.1 Å². The van der Waals surface area contributed by atoms with Gasteiger partial charge in [-0.05, 0) is 62.6 Å². The fraction of sp³-hybridized carbons (Fsp3) is 0.565. The lowest BCUT2D eigenvalue weighted by Gasteiger charge is -2.41. The van der Waals surface area contributed by atoms with Gasteiger partial charge < -0.3 is 14.4 Å². The van der Waals surface area contributed by atoms with Gasteiger partial charge in [-0.15, -0.1) is 0 Å². The van der Waals surface area contributed by atoms with Crippen LogP contribution >= 0.6 is 0 Å². The number of amides is 1. The molecule has 6 nitrogen and oxygen atoms in total. The van der Waals surface area contributed by atoms with Crippen LogP contribution in [0.3, 0.4) is 0 Å². The minimum atomic E-state index is -1.09. The Labute approximate surface area is 185 Å². The van der Waals surface area contributed by atoms with E-state index in [0.717, 1.165) is 30.7 Å². The first kappa shape index (κ1) is 22.6. The molecule has 2 unspecified atom stereocenters. The van der Waals surface area contributed by atoms with E-state index in [1.807, 2.05) is 6.07 Å². The number of ether oxygens (including phenoxy) is 2. The molecule has 1 N–H and O–H groups in total. The molecule has 0 radical (unpaired) electrons. The van der Waals surface area contributed by atoms with Crippen LogP contribution in [-0.4, -0.2) is 53.6 Å². The van der Waals surface area contributed by atoms with Gasteiger partial charge in [0, 0.05) is 29.9 Å². The molecule has 9 heteroatoms. The molecule has 32 heavy (non-hydrogen) atoms. The van der Waals surface area contributed by atoms with Gasteiger partial charge in [-0.1, -0.05) is 0 Å². The molecule has 1 aliphatic heterocycles. The minimum absolute atomic E-state index is 0.0529. The molecule has 2 aromatic rings. The number of benzene rings is 1. The maximum absolute atomic E-state index is 14.2. The summed E-state index contributed by atoms with van der Waals surface area (Å²) in [4.78, 5) is 14.1. The van der Waals surface area contributed by atoms with E-state index in [1.165, 1.54) is 7.11 Å². The van der Waals surface area contributed by atoms with Gasteiger partial charge in [0.05, 0.1) is 25.9 Å². The van der Waals surface area contributed by atoms with E-state index in [-0.39, 0.29) is 35.6 Å². The summed E-state index contributed by atoms with van der Waals surface area (Å²) in [6, 6.07) is 3.51. The number of likely N-dealkylation sites (tertiary alicyclic amines) is 1. The predicted molar refractivity (Wildman–Crippen MR) is 111 cm³/mol. The van der Waals surface area contributed by atoms with Crippen molar-refractivity contribution in [3.8, 4) is 0 Å². The largest absolute Gasteiger partial charge is 0.453 e. The van der Waals surface area contributed by atoms with Crippen LogP contribution in [0.25, 0.3) is 0 Å². The van der Waals surface area contributed by atoms with Crippen molar-refractivity contribution in [3.63, 3.8) is 0 Å². The number of hydrogen-bond donors (Lipinski definition) is 1. The van der Waals surface area contributed by atoms with Crippen molar-refractivity contribution in [2.45, 2.75) is 62.5 Å². The molecular weight excluding hydrogens is 423 g/mol. The first-order chi connectivity index (χ1) is 15.5. The summed E-state index contributed by atoms with van der Waals surface area (Å²) >= 11 is 0. The van der Waals surface area contributed by atoms with Crippen molar-refractivity contribution in [2.24, 2.45) is 0 Å². The summed E-state index contributed by atoms with van der Waals surface area (Å²) in [5, 5.41) is 7.05. The van der Waals surface area contributed by atoms with Gasteiger partial charge in [-0.2, -0.15) is 5.10 Å². The summed E-state index contributed by atoms with van der Waals surface area (Å²) in [5.74, 6) is -3.13. The monoisotopic (exact) mass is 451 g/mol. The summed E-state index contributed by atoms with van der Waals surface area (Å²) in [5.41, 5.74) is 0.792. The zero-order valence-corrected chi connectivity index (χ0v) is 18.0. The zero-order chi connectivity index (χ0) is 22.7. The number of nitrogens with zero attached hydrogens (tertiary/aromatic N) is 2. The lowest BCUT2D eigenvalue weighted by molar-refractivity contribution is -0.0244. The normalized spacial score (nSPS) is 26.2. The Morgan fingerprint density at radius 1 is 1.12 bits per heavy atom. The average molecular weight is 451 g/mol. The molecule has 0 spiro atoms. The SMILES string of the molecule is COC(=O)N1CCCC(c2ccn[nH]2)C1COC1CCC(c2c(F)ccc(F)c2F)CC1. The number of carbonyl (C=O) groups is 1. The van der Waals surface area contributed by atoms with Gasteiger partial charge in [-0.25, -0.2) is 18.0 Å². The molecule has 2 heterocycles. The number of methoxy groups -OCH3 is 1. The Kier molecular flexibility index (Phi) is 7.03. The number of nitrogens with one attached hydrogen (secondary N) is 1. The molecule has 174 valence electrons. The first-order valence-corrected chi connectivity index (χ1v) is 11.1. The number of carbonyl (C=O) groups excluding carboxylic acids is 1. The van der Waals surface area contributed by atoms with Crippen molar-refractivity contribution >= 4 is 6.09 Å². The summed E-state index contributed by atoms with van der Waals surface area (Å²) in [6.07, 6.45) is 5.21. The number of piperidine rings is 1. The summed E-state index contributed by atoms with van der Waals surface area (Å²) in [7, 11) is 1.37. The third-order valence-electron chi connectivity index (χ3n) is 6.77. The van der Waals surface area contributed by atoms with Crippen LogP contribution in [0.5, 0.6) is 0 Å². The smallest absolute Gasteiger partial charge is 0.409 e. The molecule has 0 bridgehead atoms. The lowest BCUT2D eigenvalue weighted by atomic mass is 9.82. The molecule has 1 saturated heterocycles. The molecule has 2 aliphatic rings. The predicted octanol–water partition coefficient (Wildman–Crippen LogP) is 4.88. The Morgan fingerprint density at radius 2 is 1.88 bits per heavy atom. The van der Waals surface area contributed by atoms with Crippen molar-refractivity contribution in [3.05, 3.63) is 53.1 Å². The van der Waals surface area contributed by atoms with Gasteiger partial charge in [0.25, 0.3) is 0 Å². The Morgan fingerprint density at radius 3 is 2.56 bits per heavy atom. The number of hydrogen-bond acceptors (Lipinski definition) is 4. The molecule has 1 aliphatic carbocycles. The van der Waals surface area contributed by atoms with Crippen LogP contribution < -0.4 is 0 Å². The van der Waals surface area contributed by atoms with E-state index in [9.17, 15) is 18.0 Å². The van der Waals surface area contributed by atoms with Gasteiger partial charge >= 0.3 is 6.09 Å². The lowest BCUT2D eigenvalue weighted by Crippen LogP contribution is -2.50. The fourth-order valence-electron chi connectivity index (χ4n) is 5.11. The molecule has 2 fully saturated rings. The van der Waals surface area contributed by atoms with E-state index in [0.29, 0.717) is 38.8 Å². The standard InChI is InChI=1S/C23H28F3N3O3/c1-31-23(30)29-12-2-3-16(19-10-11-27-28-19)20(29)13-32-15-6-4-14(5-7-15)21-17(24)8-9-18(25)22(21)26/h8-11,14-16,20H,2-7,12-13H2,1H3,(H,27,28). The van der Waals surface area contributed by atoms with E-state index in [1.54, 1.807) is 11.1 Å². The van der Waals surface area contributed by atoms with E-state index >= 15 is 0 Å². The van der Waals surface area contributed by atoms with Gasteiger partial charge in [0.2, 0.25) is 0 Å². The molecule has 4 rings (SSSR count). The molecular formula is C23H28F3N3O3. The maximum Gasteiger partial charge on any atom is 0.409 e. The van der Waals surface area contributed by atoms with Gasteiger partial charge in [0.1, 0.15) is 5.82 Å². The van der Waals surface area contributed by atoms with Crippen LogP contribution in [0.2, 0.25) is 0 Å². The Balaban J connectivity index is 1.40. The van der Waals surface area contributed by atoms with Gasteiger partial charge in [0.15, 0.2) is 11.6 Å². The maximum atomic E-state index is 14.2. The fourth-order valence-corrected chi connectivity index (χ4v) is 5.11. The molecule has 1 aromatic carbocycles. The van der Waals surface area contributed by atoms with Crippen LogP contribution in [0, 0.1) is 17.5 Å². The van der Waals surface area contributed by atoms with E-state index < -0.39 is 17.5 Å². The number of rotatable bonds is 5. The van der Waals surface area contributed by atoms with Crippen molar-refractivity contribution in [1.29, 1.82) is 0 Å². The van der Waals surface area contributed by atoms with Crippen LogP contribution in [0.1, 0.15) is 61.6 Å². The Bertz CT molecular complexity index is 917. The quantitative estimate of drug-likeness (QED) is 0.658. The molecule has 1 aromatic heterocycles. The van der Waals surface area contributed by atoms with Crippen molar-refractivity contribution < 1.29 is 27.4 Å². The number of aromatic amines is 1. The van der Waals surface area contributed by atoms with Gasteiger partial charge in [-0.3, -0.25) is 5.10 Å². The minimum Gasteiger partial charge on any atom is -0.453 e. The zero-order valence-electron chi connectivity index (χ0n) is 18.0. The molecule has 1 saturated carbocycles. The van der Waals surface area contributed by atoms with Crippen LogP contribution in [0.15, 0.2) is 24.4 Å². The Hall–Kier alpha value is -2.55. The number of H-pyrrole nitrogens is 1. The van der Waals surface area contributed by atoms with Crippen LogP contribution in [0.4, 0.5) is 18.0 Å². The third kappa shape index (κ3) is 4.62. The first-order valence-electron chi connectivity index (χ1n) is 11.1. The second kappa shape index (κ2) is 9.94. The molecule has 1 amide bonds. The highest BCUT2D eigenvalue weighted by atomic mass is 19.2. The highest BCUT2D eigenvalue weighted by Gasteiger charge is 2.38. The second-order valence-corrected chi connectivity index (χ2v) is 8.56. The summed E-state index contributed by atoms with van der Waals surface area (Å²) < 4.78 is 53.1. The highest BCUT2D eigenvalue weighted by Crippen LogP contribution is 2.38. The van der Waals surface area contributed by atoms with E-state index in [4.69, 9.17) is 9.47 Å². The highest BCUT2D eigenvalue weighted by molar-refractivity contribution is 5.68. The van der Waals surface area contributed by atoms with Crippen LogP contribution in [-0.2, 0) is 9.47 Å². The summed E-state index contributed by atoms with van der Waals surface area (Å²) in [6.45, 7) is 0.924. The topological polar surface area (TPSA) is 67.5 Å². The van der Waals surface area contributed by atoms with E-state index in [2.05, 4.69) is 10.2 Å². The second-order valence-electron chi connectivity index (χ2n) is 8.56. The van der Waals surface area contributed by atoms with Crippen molar-refractivity contribution in [2.75, 3.05) is 20.3 Å². The number of halogens is 3. The average Bonchev–Trinajstić information content (AvgIpc) is 3.35.